The molecule has 0 aliphatic carbocycles. The summed E-state index contributed by atoms with van der Waals surface area (Å²) in [6, 6.07) is 1.75. The van der Waals surface area contributed by atoms with Gasteiger partial charge in [-0.3, -0.25) is 0 Å². The van der Waals surface area contributed by atoms with Crippen molar-refractivity contribution in [3.8, 4) is 11.3 Å². The minimum atomic E-state index is -1.00. The summed E-state index contributed by atoms with van der Waals surface area (Å²) in [5, 5.41) is 9.15. The van der Waals surface area contributed by atoms with Crippen molar-refractivity contribution >= 4 is 22.4 Å². The van der Waals surface area contributed by atoms with Crippen molar-refractivity contribution in [2.75, 3.05) is 5.73 Å². The molecule has 0 aromatic carbocycles. The van der Waals surface area contributed by atoms with E-state index in [1.807, 2.05) is 0 Å². The molecular weight excluding hydrogens is 202 g/mol. The molecule has 0 saturated heterocycles. The summed E-state index contributed by atoms with van der Waals surface area (Å²) < 4.78 is 0. The highest BCUT2D eigenvalue weighted by Crippen LogP contribution is 2.29. The van der Waals surface area contributed by atoms with E-state index in [1.54, 1.807) is 18.5 Å². The number of anilines is 1. The zero-order valence-corrected chi connectivity index (χ0v) is 7.84. The van der Waals surface area contributed by atoms with Crippen LogP contribution in [0.15, 0.2) is 18.5 Å². The average Bonchev–Trinajstić information content (AvgIpc) is 2.70. The van der Waals surface area contributed by atoms with Crippen LogP contribution in [0, 0.1) is 0 Å². The number of carboxylic acids is 1. The SMILES string of the molecule is Nc1nc(-c2cc[nH]c2)c(C(=O)O)s1. The number of rotatable bonds is 2. The van der Waals surface area contributed by atoms with E-state index in [-0.39, 0.29) is 10.0 Å². The standard InChI is InChI=1S/C8H7N3O2S/c9-8-11-5(4-1-2-10-3-4)6(14-8)7(12)13/h1-3,10H,(H2,9,11)(H,12,13). The van der Waals surface area contributed by atoms with Crippen LogP contribution in [0.2, 0.25) is 0 Å². The normalized spacial score (nSPS) is 10.3. The molecule has 0 saturated carbocycles. The Labute approximate surface area is 83.2 Å². The molecule has 0 aliphatic heterocycles. The molecule has 72 valence electrons. The van der Waals surface area contributed by atoms with Crippen molar-refractivity contribution in [1.82, 2.24) is 9.97 Å². The van der Waals surface area contributed by atoms with Gasteiger partial charge in [0.05, 0.1) is 5.69 Å². The number of thiazole rings is 1. The highest BCUT2D eigenvalue weighted by molar-refractivity contribution is 7.17. The Bertz CT molecular complexity index is 461. The summed E-state index contributed by atoms with van der Waals surface area (Å²) in [6.45, 7) is 0. The number of nitrogen functional groups attached to an aromatic ring is 1. The number of carboxylic acid groups (broad SMARTS) is 1. The summed E-state index contributed by atoms with van der Waals surface area (Å²) in [5.41, 5.74) is 6.61. The van der Waals surface area contributed by atoms with Crippen molar-refractivity contribution in [2.45, 2.75) is 0 Å². The minimum absolute atomic E-state index is 0.169. The van der Waals surface area contributed by atoms with E-state index in [1.165, 1.54) is 0 Å². The van der Waals surface area contributed by atoms with Gasteiger partial charge in [-0.1, -0.05) is 11.3 Å². The molecule has 2 aromatic rings. The van der Waals surface area contributed by atoms with Crippen molar-refractivity contribution in [1.29, 1.82) is 0 Å². The fraction of sp³-hybridized carbons (Fsp3) is 0. The first kappa shape index (κ1) is 8.76. The third kappa shape index (κ3) is 1.35. The van der Waals surface area contributed by atoms with Crippen LogP contribution in [0.5, 0.6) is 0 Å². The second-order valence-corrected chi connectivity index (χ2v) is 3.67. The summed E-state index contributed by atoms with van der Waals surface area (Å²) in [7, 11) is 0. The van der Waals surface area contributed by atoms with Crippen LogP contribution in [-0.4, -0.2) is 21.0 Å². The zero-order chi connectivity index (χ0) is 10.1. The lowest BCUT2D eigenvalue weighted by atomic mass is 10.2. The molecule has 5 nitrogen and oxygen atoms in total. The molecule has 0 fully saturated rings. The van der Waals surface area contributed by atoms with Gasteiger partial charge in [0.1, 0.15) is 4.88 Å². The third-order valence-corrected chi connectivity index (χ3v) is 2.58. The van der Waals surface area contributed by atoms with Gasteiger partial charge in [-0.05, 0) is 6.07 Å². The Morgan fingerprint density at radius 2 is 2.43 bits per heavy atom. The van der Waals surface area contributed by atoms with Crippen LogP contribution in [0.1, 0.15) is 9.67 Å². The number of H-pyrrole nitrogens is 1. The number of nitrogens with one attached hydrogen (secondary N) is 1. The number of nitrogens with two attached hydrogens (primary N) is 1. The minimum Gasteiger partial charge on any atom is -0.477 e. The Kier molecular flexibility index (Phi) is 1.97. The van der Waals surface area contributed by atoms with Gasteiger partial charge >= 0.3 is 5.97 Å². The number of hydrogen-bond acceptors (Lipinski definition) is 4. The zero-order valence-electron chi connectivity index (χ0n) is 7.02. The lowest BCUT2D eigenvalue weighted by molar-refractivity contribution is 0.0702. The van der Waals surface area contributed by atoms with E-state index in [2.05, 4.69) is 9.97 Å². The van der Waals surface area contributed by atoms with Gasteiger partial charge < -0.3 is 15.8 Å². The van der Waals surface area contributed by atoms with Gasteiger partial charge in [0, 0.05) is 18.0 Å². The van der Waals surface area contributed by atoms with E-state index in [0.29, 0.717) is 5.69 Å². The van der Waals surface area contributed by atoms with Crippen molar-refractivity contribution in [2.24, 2.45) is 0 Å². The maximum absolute atomic E-state index is 10.8. The molecule has 14 heavy (non-hydrogen) atoms. The number of aromatic carboxylic acids is 1. The van der Waals surface area contributed by atoms with Crippen LogP contribution in [0.4, 0.5) is 5.13 Å². The molecule has 2 heterocycles. The Balaban J connectivity index is 2.58. The molecule has 0 atom stereocenters. The lowest BCUT2D eigenvalue weighted by Gasteiger charge is -1.92. The van der Waals surface area contributed by atoms with Gasteiger partial charge in [0.25, 0.3) is 0 Å². The number of carbonyl (C=O) groups is 1. The maximum atomic E-state index is 10.8. The third-order valence-electron chi connectivity index (χ3n) is 1.71. The number of hydrogen-bond donors (Lipinski definition) is 3. The molecule has 0 radical (unpaired) electrons. The quantitative estimate of drug-likeness (QED) is 0.697. The molecule has 2 rings (SSSR count). The van der Waals surface area contributed by atoms with Gasteiger partial charge in [-0.2, -0.15) is 0 Å². The smallest absolute Gasteiger partial charge is 0.348 e. The summed E-state index contributed by atoms with van der Waals surface area (Å²) in [6.07, 6.45) is 3.39. The van der Waals surface area contributed by atoms with Crippen molar-refractivity contribution in [3.63, 3.8) is 0 Å². The molecule has 4 N–H and O–H groups in total. The van der Waals surface area contributed by atoms with Crippen LogP contribution in [0.25, 0.3) is 11.3 Å². The second kappa shape index (κ2) is 3.15. The van der Waals surface area contributed by atoms with E-state index in [4.69, 9.17) is 10.8 Å². The van der Waals surface area contributed by atoms with E-state index in [9.17, 15) is 4.79 Å². The summed E-state index contributed by atoms with van der Waals surface area (Å²) >= 11 is 0.974. The first-order chi connectivity index (χ1) is 6.68. The Hall–Kier alpha value is -1.82. The van der Waals surface area contributed by atoms with Crippen LogP contribution in [-0.2, 0) is 0 Å². The van der Waals surface area contributed by atoms with E-state index >= 15 is 0 Å². The van der Waals surface area contributed by atoms with Gasteiger partial charge in [-0.15, -0.1) is 0 Å². The predicted molar refractivity (Wildman–Crippen MR) is 53.3 cm³/mol. The van der Waals surface area contributed by atoms with E-state index in [0.717, 1.165) is 16.9 Å². The maximum Gasteiger partial charge on any atom is 0.348 e. The number of aromatic nitrogens is 2. The molecule has 0 bridgehead atoms. The highest BCUT2D eigenvalue weighted by atomic mass is 32.1. The predicted octanol–water partition coefficient (Wildman–Crippen LogP) is 1.42. The van der Waals surface area contributed by atoms with Crippen LogP contribution < -0.4 is 5.73 Å². The topological polar surface area (TPSA) is 92.0 Å². The molecule has 0 amide bonds. The number of nitrogens with zero attached hydrogens (tertiary/aromatic N) is 1. The second-order valence-electron chi connectivity index (χ2n) is 2.63. The molecule has 0 unspecified atom stereocenters. The fourth-order valence-corrected chi connectivity index (χ4v) is 1.84. The highest BCUT2D eigenvalue weighted by Gasteiger charge is 2.17. The lowest BCUT2D eigenvalue weighted by Crippen LogP contribution is -1.94. The monoisotopic (exact) mass is 209 g/mol. The molecule has 2 aromatic heterocycles. The van der Waals surface area contributed by atoms with E-state index < -0.39 is 5.97 Å². The van der Waals surface area contributed by atoms with Gasteiger partial charge in [0.2, 0.25) is 0 Å². The summed E-state index contributed by atoms with van der Waals surface area (Å²) in [4.78, 5) is 17.8. The van der Waals surface area contributed by atoms with Crippen molar-refractivity contribution in [3.05, 3.63) is 23.3 Å². The average molecular weight is 209 g/mol. The van der Waals surface area contributed by atoms with Gasteiger partial charge in [0.15, 0.2) is 5.13 Å². The van der Waals surface area contributed by atoms with Crippen LogP contribution in [0.3, 0.4) is 0 Å². The summed E-state index contributed by atoms with van der Waals surface area (Å²) in [5.74, 6) is -1.00. The Morgan fingerprint density at radius 3 is 3.00 bits per heavy atom. The fourth-order valence-electron chi connectivity index (χ4n) is 1.15. The molecule has 0 spiro atoms. The largest absolute Gasteiger partial charge is 0.477 e. The first-order valence-corrected chi connectivity index (χ1v) is 4.63. The molecule has 6 heteroatoms. The van der Waals surface area contributed by atoms with Crippen LogP contribution >= 0.6 is 11.3 Å². The number of aromatic amines is 1. The van der Waals surface area contributed by atoms with Crippen molar-refractivity contribution < 1.29 is 9.90 Å². The Morgan fingerprint density at radius 1 is 1.64 bits per heavy atom. The first-order valence-electron chi connectivity index (χ1n) is 3.81. The molecule has 0 aliphatic rings. The van der Waals surface area contributed by atoms with Gasteiger partial charge in [-0.25, -0.2) is 9.78 Å². The molecular formula is C8H7N3O2S.